The van der Waals surface area contributed by atoms with E-state index in [4.69, 9.17) is 40.0 Å². The molecule has 4 N–H and O–H groups in total. The lowest BCUT2D eigenvalue weighted by molar-refractivity contribution is -0.137. The maximum atomic E-state index is 13.0. The SMILES string of the molecule is O=C1CCC(N2Cc3c(NCCOCCOCCOCCOCCOCCC(=O)N4CCN(CCOc5ccc(C(=C(CCCl)c6ccc(O)cc6)c6ccc(O)cc6)cc5)CC4)cccc3C2=O)C(=O)N1. The number of imide groups is 1. The van der Waals surface area contributed by atoms with Crippen LogP contribution in [0.25, 0.3) is 11.1 Å². The third-order valence-electron chi connectivity index (χ3n) is 12.7. The summed E-state index contributed by atoms with van der Waals surface area (Å²) in [5.41, 5.74) is 7.10. The minimum atomic E-state index is -0.652. The van der Waals surface area contributed by atoms with Crippen molar-refractivity contribution in [1.82, 2.24) is 20.0 Å². The smallest absolute Gasteiger partial charge is 0.255 e. The standard InChI is InChI=1S/C54H66ClN5O12/c55-20-18-45(39-4-10-42(61)11-5-39)52(40-6-12-43(62)13-7-40)41-8-14-44(15-9-41)72-29-26-58-22-24-59(25-23-58)51(64)19-27-67-30-32-69-34-36-71-37-35-70-33-31-68-28-21-56-48-3-1-2-46-47(48)38-60(54(46)66)49-16-17-50(63)57-53(49)65/h1-15,49,56,61-62H,16-38H2,(H,57,63,65). The van der Waals surface area contributed by atoms with Gasteiger partial charge in [0.25, 0.3) is 5.91 Å². The normalized spacial score (nSPS) is 16.4. The van der Waals surface area contributed by atoms with E-state index in [0.717, 1.165) is 64.5 Å². The molecule has 0 radical (unpaired) electrons. The predicted molar refractivity (Wildman–Crippen MR) is 272 cm³/mol. The zero-order valence-corrected chi connectivity index (χ0v) is 41.5. The molecular formula is C54H66ClN5O12. The summed E-state index contributed by atoms with van der Waals surface area (Å²) in [7, 11) is 0. The van der Waals surface area contributed by atoms with Crippen molar-refractivity contribution in [3.8, 4) is 17.2 Å². The number of phenols is 2. The topological polar surface area (TPSA) is 198 Å². The summed E-state index contributed by atoms with van der Waals surface area (Å²) in [6, 6.07) is 27.0. The molecule has 2 fully saturated rings. The summed E-state index contributed by atoms with van der Waals surface area (Å²) < 4.78 is 34.2. The number of carbonyl (C=O) groups excluding carboxylic acids is 4. The Hall–Kier alpha value is -6.05. The van der Waals surface area contributed by atoms with E-state index in [0.29, 0.717) is 130 Å². The van der Waals surface area contributed by atoms with Gasteiger partial charge in [-0.15, -0.1) is 11.6 Å². The van der Waals surface area contributed by atoms with Crippen molar-refractivity contribution in [3.63, 3.8) is 0 Å². The van der Waals surface area contributed by atoms with E-state index >= 15 is 0 Å². The fourth-order valence-electron chi connectivity index (χ4n) is 8.85. The summed E-state index contributed by atoms with van der Waals surface area (Å²) in [5.74, 6) is 0.683. The number of phenolic OH excluding ortho intramolecular Hbond substituents is 2. The minimum Gasteiger partial charge on any atom is -0.508 e. The summed E-state index contributed by atoms with van der Waals surface area (Å²) in [6.07, 6.45) is 1.47. The Kier molecular flexibility index (Phi) is 21.1. The molecule has 4 aromatic rings. The fraction of sp³-hybridized carbons (Fsp3) is 0.444. The van der Waals surface area contributed by atoms with Crippen molar-refractivity contribution >= 4 is 52.1 Å². The lowest BCUT2D eigenvalue weighted by Crippen LogP contribution is -2.52. The number of piperidine rings is 1. The number of anilines is 1. The second kappa shape index (κ2) is 28.3. The summed E-state index contributed by atoms with van der Waals surface area (Å²) in [6.45, 7) is 9.08. The zero-order chi connectivity index (χ0) is 50.5. The number of nitrogens with zero attached hydrogens (tertiary/aromatic N) is 3. The Morgan fingerprint density at radius 3 is 1.83 bits per heavy atom. The molecule has 17 nitrogen and oxygen atoms in total. The Labute approximate surface area is 425 Å². The third kappa shape index (κ3) is 15.7. The molecule has 0 aromatic heterocycles. The van der Waals surface area contributed by atoms with Gasteiger partial charge in [-0.2, -0.15) is 0 Å². The van der Waals surface area contributed by atoms with Crippen LogP contribution < -0.4 is 15.4 Å². The predicted octanol–water partition coefficient (Wildman–Crippen LogP) is 5.56. The van der Waals surface area contributed by atoms with Gasteiger partial charge in [-0.05, 0) is 89.2 Å². The Bertz CT molecular complexity index is 2410. The Balaban J connectivity index is 0.667. The third-order valence-corrected chi connectivity index (χ3v) is 12.8. The van der Waals surface area contributed by atoms with Crippen molar-refractivity contribution < 1.29 is 57.8 Å². The van der Waals surface area contributed by atoms with Crippen LogP contribution in [0.15, 0.2) is 91.0 Å². The van der Waals surface area contributed by atoms with E-state index in [1.165, 1.54) is 4.90 Å². The van der Waals surface area contributed by atoms with Crippen molar-refractivity contribution in [2.24, 2.45) is 0 Å². The molecule has 3 heterocycles. The number of fused-ring (bicyclic) bond motifs is 1. The Morgan fingerprint density at radius 1 is 0.667 bits per heavy atom. The highest BCUT2D eigenvalue weighted by Crippen LogP contribution is 2.37. The number of halogens is 1. The zero-order valence-electron chi connectivity index (χ0n) is 40.7. The number of hydrogen-bond acceptors (Lipinski definition) is 14. The van der Waals surface area contributed by atoms with Crippen LogP contribution in [-0.2, 0) is 44.6 Å². The van der Waals surface area contributed by atoms with E-state index < -0.39 is 11.9 Å². The minimum absolute atomic E-state index is 0.0831. The van der Waals surface area contributed by atoms with Crippen LogP contribution in [0.3, 0.4) is 0 Å². The fourth-order valence-corrected chi connectivity index (χ4v) is 9.04. The van der Waals surface area contributed by atoms with Crippen molar-refractivity contribution in [2.45, 2.75) is 38.3 Å². The largest absolute Gasteiger partial charge is 0.508 e. The molecule has 7 rings (SSSR count). The van der Waals surface area contributed by atoms with Crippen LogP contribution in [0.2, 0.25) is 0 Å². The van der Waals surface area contributed by atoms with Gasteiger partial charge in [0.2, 0.25) is 17.7 Å². The average Bonchev–Trinajstić information content (AvgIpc) is 3.73. The quantitative estimate of drug-likeness (QED) is 0.0229. The highest BCUT2D eigenvalue weighted by molar-refractivity contribution is 6.18. The molecule has 4 aromatic carbocycles. The monoisotopic (exact) mass is 1010 g/mol. The Morgan fingerprint density at radius 2 is 1.24 bits per heavy atom. The van der Waals surface area contributed by atoms with Gasteiger partial charge in [0.05, 0.1) is 72.5 Å². The van der Waals surface area contributed by atoms with E-state index in [9.17, 15) is 29.4 Å². The summed E-state index contributed by atoms with van der Waals surface area (Å²) in [4.78, 5) is 55.5. The van der Waals surface area contributed by atoms with Crippen molar-refractivity contribution in [1.29, 1.82) is 0 Å². The number of hydrogen-bond donors (Lipinski definition) is 4. The van der Waals surface area contributed by atoms with Crippen LogP contribution >= 0.6 is 11.6 Å². The number of ether oxygens (including phenoxy) is 6. The van der Waals surface area contributed by atoms with E-state index in [2.05, 4.69) is 15.5 Å². The lowest BCUT2D eigenvalue weighted by atomic mass is 9.88. The van der Waals surface area contributed by atoms with Gasteiger partial charge in [-0.25, -0.2) is 0 Å². The molecule has 386 valence electrons. The molecule has 0 spiro atoms. The molecule has 1 unspecified atom stereocenters. The molecule has 18 heteroatoms. The lowest BCUT2D eigenvalue weighted by Gasteiger charge is -2.34. The van der Waals surface area contributed by atoms with E-state index in [1.54, 1.807) is 30.3 Å². The van der Waals surface area contributed by atoms with Crippen molar-refractivity contribution in [3.05, 3.63) is 119 Å². The first-order chi connectivity index (χ1) is 35.2. The number of nitrogens with one attached hydrogen (secondary N) is 2. The number of benzene rings is 4. The van der Waals surface area contributed by atoms with Gasteiger partial charge in [-0.1, -0.05) is 42.5 Å². The van der Waals surface area contributed by atoms with Crippen LogP contribution in [0, 0.1) is 0 Å². The molecule has 3 aliphatic heterocycles. The van der Waals surface area contributed by atoms with Crippen LogP contribution in [0.1, 0.15) is 58.3 Å². The first-order valence-corrected chi connectivity index (χ1v) is 25.2. The highest BCUT2D eigenvalue weighted by Gasteiger charge is 2.40. The molecule has 1 atom stereocenters. The molecule has 3 aliphatic rings. The van der Waals surface area contributed by atoms with E-state index in [-0.39, 0.29) is 35.6 Å². The van der Waals surface area contributed by atoms with Crippen molar-refractivity contribution in [2.75, 3.05) is 123 Å². The first-order valence-electron chi connectivity index (χ1n) is 24.7. The van der Waals surface area contributed by atoms with Gasteiger partial charge >= 0.3 is 0 Å². The number of aromatic hydroxyl groups is 2. The number of rotatable bonds is 29. The maximum Gasteiger partial charge on any atom is 0.255 e. The average molecular weight is 1010 g/mol. The summed E-state index contributed by atoms with van der Waals surface area (Å²) >= 11 is 6.29. The molecule has 4 amide bonds. The number of amides is 4. The second-order valence-electron chi connectivity index (χ2n) is 17.5. The second-order valence-corrected chi connectivity index (χ2v) is 17.8. The van der Waals surface area contributed by atoms with Gasteiger partial charge in [0, 0.05) is 74.9 Å². The van der Waals surface area contributed by atoms with Crippen LogP contribution in [0.4, 0.5) is 5.69 Å². The molecule has 0 aliphatic carbocycles. The molecule has 0 saturated carbocycles. The molecule has 72 heavy (non-hydrogen) atoms. The van der Waals surface area contributed by atoms with Gasteiger partial charge in [0.15, 0.2) is 0 Å². The number of alkyl halides is 1. The number of allylic oxidation sites excluding steroid dienone is 1. The number of piperazine rings is 1. The highest BCUT2D eigenvalue weighted by atomic mass is 35.5. The summed E-state index contributed by atoms with van der Waals surface area (Å²) in [5, 5.41) is 25.5. The molecule has 0 bridgehead atoms. The van der Waals surface area contributed by atoms with Crippen LogP contribution in [0.5, 0.6) is 17.2 Å². The maximum absolute atomic E-state index is 13.0. The van der Waals surface area contributed by atoms with Crippen LogP contribution in [-0.4, -0.2) is 172 Å². The van der Waals surface area contributed by atoms with Gasteiger partial charge in [0.1, 0.15) is 29.9 Å². The molecular weight excluding hydrogens is 946 g/mol. The number of carbonyl (C=O) groups is 4. The molecule has 2 saturated heterocycles. The van der Waals surface area contributed by atoms with Gasteiger partial charge < -0.3 is 53.8 Å². The van der Waals surface area contributed by atoms with Gasteiger partial charge in [-0.3, -0.25) is 29.4 Å². The van der Waals surface area contributed by atoms with E-state index in [1.807, 2.05) is 65.6 Å². The first kappa shape index (κ1) is 53.7.